The molecule has 2 aliphatic heterocycles. The molecule has 12 nitrogen and oxygen atoms in total. The smallest absolute Gasteiger partial charge is 0.255 e. The summed E-state index contributed by atoms with van der Waals surface area (Å²) in [6.45, 7) is 1.06. The first kappa shape index (κ1) is 26.9. The molecule has 1 aromatic rings. The number of ether oxygens (including phenoxy) is 1. The van der Waals surface area contributed by atoms with E-state index >= 15 is 0 Å². The minimum absolute atomic E-state index is 0.0715. The third-order valence-electron chi connectivity index (χ3n) is 6.09. The summed E-state index contributed by atoms with van der Waals surface area (Å²) in [5.74, 6) is -2.01. The van der Waals surface area contributed by atoms with Gasteiger partial charge in [-0.15, -0.1) is 0 Å². The lowest BCUT2D eigenvalue weighted by Gasteiger charge is -2.25. The molecule has 1 saturated heterocycles. The molecule has 5 amide bonds. The molecule has 1 aromatic carbocycles. The number of carbonyl (C=O) groups excluding carboxylic acids is 5. The van der Waals surface area contributed by atoms with Crippen LogP contribution in [0.1, 0.15) is 36.0 Å². The number of hydrogen-bond donors (Lipinski definition) is 4. The highest BCUT2D eigenvalue weighted by atomic mass is 16.5. The number of likely N-dealkylation sites (tertiary alicyclic amines) is 1. The number of amides is 5. The second kappa shape index (κ2) is 12.9. The monoisotopic (exact) mass is 503 g/mol. The minimum Gasteiger partial charge on any atom is -0.491 e. The molecule has 0 bridgehead atoms. The molecule has 12 heteroatoms. The van der Waals surface area contributed by atoms with E-state index in [9.17, 15) is 29.1 Å². The first-order chi connectivity index (χ1) is 17.3. The van der Waals surface area contributed by atoms with Gasteiger partial charge in [0.2, 0.25) is 23.6 Å². The summed E-state index contributed by atoms with van der Waals surface area (Å²) < 4.78 is 5.71. The lowest BCUT2D eigenvalue weighted by Crippen LogP contribution is -2.53. The van der Waals surface area contributed by atoms with Gasteiger partial charge in [-0.3, -0.25) is 24.0 Å². The van der Waals surface area contributed by atoms with Crippen molar-refractivity contribution in [2.45, 2.75) is 37.8 Å². The number of fused-ring (bicyclic) bond motifs is 1. The topological polar surface area (TPSA) is 157 Å². The highest BCUT2D eigenvalue weighted by Gasteiger charge is 2.29. The van der Waals surface area contributed by atoms with Crippen molar-refractivity contribution in [2.24, 2.45) is 0 Å². The number of rotatable bonds is 6. The van der Waals surface area contributed by atoms with Crippen molar-refractivity contribution in [3.63, 3.8) is 0 Å². The molecule has 0 aliphatic carbocycles. The second-order valence-electron chi connectivity index (χ2n) is 8.77. The quantitative estimate of drug-likeness (QED) is 0.349. The van der Waals surface area contributed by atoms with Crippen molar-refractivity contribution < 1.29 is 33.8 Å². The predicted molar refractivity (Wildman–Crippen MR) is 128 cm³/mol. The van der Waals surface area contributed by atoms with Crippen molar-refractivity contribution in [3.8, 4) is 5.75 Å². The summed E-state index contributed by atoms with van der Waals surface area (Å²) in [5, 5.41) is 17.4. The van der Waals surface area contributed by atoms with E-state index in [2.05, 4.69) is 16.0 Å². The maximum Gasteiger partial charge on any atom is 0.255 e. The number of carbonyl (C=O) groups is 5. The zero-order valence-electron chi connectivity index (χ0n) is 20.3. The number of benzene rings is 1. The third-order valence-corrected chi connectivity index (χ3v) is 6.09. The van der Waals surface area contributed by atoms with E-state index in [4.69, 9.17) is 4.74 Å². The number of nitrogens with zero attached hydrogens (tertiary/aromatic N) is 2. The Balaban J connectivity index is 1.73. The van der Waals surface area contributed by atoms with Crippen molar-refractivity contribution in [1.82, 2.24) is 25.8 Å². The number of aliphatic hydroxyl groups excluding tert-OH is 1. The van der Waals surface area contributed by atoms with Crippen molar-refractivity contribution in [2.75, 3.05) is 46.4 Å². The van der Waals surface area contributed by atoms with Crippen LogP contribution in [0.4, 0.5) is 0 Å². The Labute approximate surface area is 209 Å². The Morgan fingerprint density at radius 3 is 2.67 bits per heavy atom. The zero-order valence-corrected chi connectivity index (χ0v) is 20.3. The van der Waals surface area contributed by atoms with Gasteiger partial charge in [0.15, 0.2) is 0 Å². The summed E-state index contributed by atoms with van der Waals surface area (Å²) in [4.78, 5) is 66.1. The van der Waals surface area contributed by atoms with Gasteiger partial charge >= 0.3 is 0 Å². The van der Waals surface area contributed by atoms with Gasteiger partial charge in [-0.2, -0.15) is 0 Å². The Morgan fingerprint density at radius 1 is 1.17 bits per heavy atom. The lowest BCUT2D eigenvalue weighted by atomic mass is 10.1. The summed E-state index contributed by atoms with van der Waals surface area (Å²) in [5.41, 5.74) is 0.183. The van der Waals surface area contributed by atoms with Crippen LogP contribution in [0, 0.1) is 0 Å². The van der Waals surface area contributed by atoms with E-state index in [1.165, 1.54) is 18.0 Å². The van der Waals surface area contributed by atoms with Gasteiger partial charge in [0, 0.05) is 33.1 Å². The molecular formula is C24H33N5O7. The molecular weight excluding hydrogens is 470 g/mol. The molecule has 196 valence electrons. The molecule has 2 atom stereocenters. The van der Waals surface area contributed by atoms with Crippen molar-refractivity contribution in [3.05, 3.63) is 29.8 Å². The molecule has 2 heterocycles. The predicted octanol–water partition coefficient (Wildman–Crippen LogP) is -1.37. The molecule has 4 N–H and O–H groups in total. The van der Waals surface area contributed by atoms with Gasteiger partial charge in [0.1, 0.15) is 24.4 Å². The number of aliphatic hydroxyl groups is 1. The van der Waals surface area contributed by atoms with Crippen LogP contribution in [-0.4, -0.2) is 103 Å². The van der Waals surface area contributed by atoms with Crippen LogP contribution >= 0.6 is 0 Å². The zero-order chi connectivity index (χ0) is 26.1. The van der Waals surface area contributed by atoms with E-state index in [0.29, 0.717) is 25.9 Å². The lowest BCUT2D eigenvalue weighted by molar-refractivity contribution is -0.137. The third kappa shape index (κ3) is 7.17. The average Bonchev–Trinajstić information content (AvgIpc) is 3.28. The van der Waals surface area contributed by atoms with Crippen LogP contribution in [0.25, 0.3) is 0 Å². The van der Waals surface area contributed by atoms with Crippen molar-refractivity contribution in [1.29, 1.82) is 0 Å². The molecule has 0 aromatic heterocycles. The summed E-state index contributed by atoms with van der Waals surface area (Å²) >= 11 is 0. The first-order valence-electron chi connectivity index (χ1n) is 12.0. The molecule has 0 saturated carbocycles. The fourth-order valence-corrected chi connectivity index (χ4v) is 4.06. The van der Waals surface area contributed by atoms with Crippen LogP contribution in [-0.2, 0) is 19.2 Å². The number of para-hydroxylation sites is 1. The van der Waals surface area contributed by atoms with Gasteiger partial charge in [0.05, 0.1) is 25.1 Å². The number of nitrogens with one attached hydrogen (secondary N) is 3. The SMILES string of the molecule is CN1CCOc2ccccc2C(=O)N[C@H](C(=O)NCCCN2CCCC2=O)CC(=O)N[C@@H](CO)C1=O. The van der Waals surface area contributed by atoms with Crippen LogP contribution in [0.3, 0.4) is 0 Å². The molecule has 36 heavy (non-hydrogen) atoms. The van der Waals surface area contributed by atoms with Crippen molar-refractivity contribution >= 4 is 29.5 Å². The summed E-state index contributed by atoms with van der Waals surface area (Å²) in [6.07, 6.45) is 1.44. The molecule has 3 rings (SSSR count). The molecule has 2 aliphatic rings. The number of hydrogen-bond acceptors (Lipinski definition) is 7. The van der Waals surface area contributed by atoms with E-state index in [1.807, 2.05) is 0 Å². The van der Waals surface area contributed by atoms with Gasteiger partial charge < -0.3 is 35.6 Å². The van der Waals surface area contributed by atoms with Gasteiger partial charge in [-0.25, -0.2) is 0 Å². The molecule has 0 spiro atoms. The maximum atomic E-state index is 13.0. The normalized spacial score (nSPS) is 21.7. The number of likely N-dealkylation sites (N-methyl/N-ethyl adjacent to an activating group) is 1. The summed E-state index contributed by atoms with van der Waals surface area (Å²) in [6, 6.07) is 4.03. The van der Waals surface area contributed by atoms with Crippen LogP contribution in [0.5, 0.6) is 5.75 Å². The Morgan fingerprint density at radius 2 is 1.94 bits per heavy atom. The molecule has 1 fully saturated rings. The first-order valence-corrected chi connectivity index (χ1v) is 12.0. The summed E-state index contributed by atoms with van der Waals surface area (Å²) in [7, 11) is 1.51. The van der Waals surface area contributed by atoms with Crippen LogP contribution in [0.2, 0.25) is 0 Å². The average molecular weight is 504 g/mol. The highest BCUT2D eigenvalue weighted by molar-refractivity contribution is 6.01. The van der Waals surface area contributed by atoms with Gasteiger partial charge in [-0.05, 0) is 25.0 Å². The Hall–Kier alpha value is -3.67. The molecule has 0 unspecified atom stereocenters. The van der Waals surface area contributed by atoms with E-state index in [0.717, 1.165) is 6.42 Å². The second-order valence-corrected chi connectivity index (χ2v) is 8.77. The highest BCUT2D eigenvalue weighted by Crippen LogP contribution is 2.18. The van der Waals surface area contributed by atoms with E-state index < -0.39 is 48.7 Å². The van der Waals surface area contributed by atoms with E-state index in [-0.39, 0.29) is 36.9 Å². The largest absolute Gasteiger partial charge is 0.491 e. The van der Waals surface area contributed by atoms with Crippen LogP contribution < -0.4 is 20.7 Å². The Bertz CT molecular complexity index is 985. The Kier molecular flexibility index (Phi) is 9.62. The minimum atomic E-state index is -1.24. The van der Waals surface area contributed by atoms with Crippen LogP contribution in [0.15, 0.2) is 24.3 Å². The molecule has 0 radical (unpaired) electrons. The van der Waals surface area contributed by atoms with Gasteiger partial charge in [-0.1, -0.05) is 12.1 Å². The maximum absolute atomic E-state index is 13.0. The standard InChI is InChI=1S/C24H33N5O7/c1-28-12-13-36-19-7-3-2-6-16(19)22(33)27-17(14-20(31)26-18(15-30)24(28)35)23(34)25-9-5-11-29-10-4-8-21(29)32/h2-3,6-7,17-18,30H,4-5,8-15H2,1H3,(H,25,34)(H,26,31)(H,27,33)/t17-,18-/m0/s1. The fourth-order valence-electron chi connectivity index (χ4n) is 4.06. The van der Waals surface area contributed by atoms with Gasteiger partial charge in [0.25, 0.3) is 5.91 Å². The fraction of sp³-hybridized carbons (Fsp3) is 0.542. The van der Waals surface area contributed by atoms with E-state index in [1.54, 1.807) is 23.1 Å².